The van der Waals surface area contributed by atoms with Gasteiger partial charge in [0.15, 0.2) is 0 Å². The number of amides is 1. The van der Waals surface area contributed by atoms with Crippen molar-refractivity contribution in [1.82, 2.24) is 20.8 Å². The van der Waals surface area contributed by atoms with Crippen molar-refractivity contribution in [2.75, 3.05) is 26.9 Å². The molecule has 128 valence electrons. The maximum absolute atomic E-state index is 12.1. The van der Waals surface area contributed by atoms with Gasteiger partial charge in [0.2, 0.25) is 5.91 Å². The molecule has 1 saturated heterocycles. The van der Waals surface area contributed by atoms with Crippen LogP contribution >= 0.6 is 0 Å². The maximum atomic E-state index is 12.1. The van der Waals surface area contributed by atoms with E-state index in [9.17, 15) is 4.79 Å². The molecular formula is C17H22N4O3. The molecule has 2 heterocycles. The summed E-state index contributed by atoms with van der Waals surface area (Å²) in [5.74, 6) is 0.801. The number of aromatic amines is 1. The lowest BCUT2D eigenvalue weighted by molar-refractivity contribution is -0.122. The topological polar surface area (TPSA) is 88.3 Å². The molecule has 1 fully saturated rings. The second-order valence-electron chi connectivity index (χ2n) is 5.71. The van der Waals surface area contributed by atoms with Gasteiger partial charge in [-0.15, -0.1) is 0 Å². The highest BCUT2D eigenvalue weighted by molar-refractivity contribution is 5.77. The van der Waals surface area contributed by atoms with Gasteiger partial charge in [0.25, 0.3) is 0 Å². The van der Waals surface area contributed by atoms with Gasteiger partial charge in [-0.3, -0.25) is 9.89 Å². The average Bonchev–Trinajstić information content (AvgIpc) is 3.09. The number of carbonyl (C=O) groups excluding carboxylic acids is 1. The maximum Gasteiger partial charge on any atom is 0.221 e. The Hall–Kier alpha value is -2.38. The zero-order valence-corrected chi connectivity index (χ0v) is 13.7. The Morgan fingerprint density at radius 2 is 2.25 bits per heavy atom. The highest BCUT2D eigenvalue weighted by atomic mass is 16.5. The van der Waals surface area contributed by atoms with E-state index >= 15 is 0 Å². The van der Waals surface area contributed by atoms with Crippen molar-refractivity contribution < 1.29 is 14.3 Å². The number of hydrogen-bond donors (Lipinski definition) is 3. The zero-order valence-electron chi connectivity index (χ0n) is 13.7. The third-order valence-corrected chi connectivity index (χ3v) is 4.00. The Morgan fingerprint density at radius 1 is 1.42 bits per heavy atom. The van der Waals surface area contributed by atoms with Crippen LogP contribution in [0.4, 0.5) is 0 Å². The van der Waals surface area contributed by atoms with Gasteiger partial charge in [-0.25, -0.2) is 0 Å². The molecule has 0 aliphatic carbocycles. The molecule has 1 amide bonds. The minimum absolute atomic E-state index is 0.000110. The Labute approximate surface area is 140 Å². The molecular weight excluding hydrogens is 308 g/mol. The van der Waals surface area contributed by atoms with Crippen LogP contribution in [0.3, 0.4) is 0 Å². The Bertz CT molecular complexity index is 663. The van der Waals surface area contributed by atoms with Crippen LogP contribution in [0.15, 0.2) is 30.5 Å². The van der Waals surface area contributed by atoms with E-state index in [1.807, 2.05) is 24.3 Å². The van der Waals surface area contributed by atoms with Gasteiger partial charge in [0.05, 0.1) is 32.2 Å². The summed E-state index contributed by atoms with van der Waals surface area (Å²) in [4.78, 5) is 12.1. The van der Waals surface area contributed by atoms with Crippen molar-refractivity contribution >= 4 is 5.91 Å². The number of methoxy groups -OCH3 is 1. The number of ether oxygens (including phenoxy) is 2. The third kappa shape index (κ3) is 4.12. The van der Waals surface area contributed by atoms with Crippen LogP contribution in [-0.4, -0.2) is 49.0 Å². The smallest absolute Gasteiger partial charge is 0.221 e. The highest BCUT2D eigenvalue weighted by Crippen LogP contribution is 2.23. The Morgan fingerprint density at radius 3 is 2.96 bits per heavy atom. The van der Waals surface area contributed by atoms with E-state index in [4.69, 9.17) is 9.47 Å². The number of rotatable bonds is 6. The van der Waals surface area contributed by atoms with Crippen LogP contribution in [-0.2, 0) is 16.1 Å². The first-order valence-electron chi connectivity index (χ1n) is 8.01. The molecule has 1 aliphatic rings. The summed E-state index contributed by atoms with van der Waals surface area (Å²) in [7, 11) is 1.64. The third-order valence-electron chi connectivity index (χ3n) is 4.00. The fraction of sp³-hybridized carbons (Fsp3) is 0.412. The summed E-state index contributed by atoms with van der Waals surface area (Å²) in [5, 5.41) is 13.3. The number of benzene rings is 1. The number of carbonyl (C=O) groups is 1. The minimum Gasteiger partial charge on any atom is -0.497 e. The minimum atomic E-state index is -0.000110. The fourth-order valence-corrected chi connectivity index (χ4v) is 2.69. The molecule has 7 heteroatoms. The molecule has 0 radical (unpaired) electrons. The van der Waals surface area contributed by atoms with E-state index in [2.05, 4.69) is 20.8 Å². The molecule has 1 aliphatic heterocycles. The molecule has 0 saturated carbocycles. The number of H-pyrrole nitrogens is 1. The molecule has 24 heavy (non-hydrogen) atoms. The highest BCUT2D eigenvalue weighted by Gasteiger charge is 2.17. The van der Waals surface area contributed by atoms with Crippen molar-refractivity contribution in [2.45, 2.75) is 19.0 Å². The largest absolute Gasteiger partial charge is 0.497 e. The van der Waals surface area contributed by atoms with Gasteiger partial charge in [0.1, 0.15) is 5.75 Å². The second-order valence-corrected chi connectivity index (χ2v) is 5.71. The first-order chi connectivity index (χ1) is 11.8. The van der Waals surface area contributed by atoms with Crippen LogP contribution in [0.2, 0.25) is 0 Å². The van der Waals surface area contributed by atoms with E-state index in [1.165, 1.54) is 0 Å². The molecule has 2 aromatic rings. The average molecular weight is 330 g/mol. The summed E-state index contributed by atoms with van der Waals surface area (Å²) in [6.07, 6.45) is 2.15. The van der Waals surface area contributed by atoms with Crippen molar-refractivity contribution in [3.8, 4) is 17.0 Å². The monoisotopic (exact) mass is 330 g/mol. The van der Waals surface area contributed by atoms with Crippen LogP contribution in [0.5, 0.6) is 5.75 Å². The molecule has 0 bridgehead atoms. The fourth-order valence-electron chi connectivity index (χ4n) is 2.69. The van der Waals surface area contributed by atoms with Crippen molar-refractivity contribution in [3.63, 3.8) is 0 Å². The SMILES string of the molecule is COc1ccc(-c2[nH]ncc2CNC(=O)C[C@H]2COCCN2)cc1. The van der Waals surface area contributed by atoms with Crippen molar-refractivity contribution in [3.05, 3.63) is 36.0 Å². The molecule has 0 spiro atoms. The molecule has 7 nitrogen and oxygen atoms in total. The lowest BCUT2D eigenvalue weighted by atomic mass is 10.1. The van der Waals surface area contributed by atoms with Gasteiger partial charge >= 0.3 is 0 Å². The van der Waals surface area contributed by atoms with Crippen LogP contribution in [0, 0.1) is 0 Å². The standard InChI is InChI=1S/C17H22N4O3/c1-23-15-4-2-12(3-5-15)17-13(10-20-21-17)9-19-16(22)8-14-11-24-7-6-18-14/h2-5,10,14,18H,6-9,11H2,1H3,(H,19,22)(H,20,21)/t14-/m0/s1. The van der Waals surface area contributed by atoms with E-state index in [0.717, 1.165) is 29.1 Å². The first kappa shape index (κ1) is 16.5. The first-order valence-corrected chi connectivity index (χ1v) is 8.01. The summed E-state index contributed by atoms with van der Waals surface area (Å²) < 4.78 is 10.5. The Balaban J connectivity index is 1.57. The number of nitrogens with zero attached hydrogens (tertiary/aromatic N) is 1. The van der Waals surface area contributed by atoms with Crippen molar-refractivity contribution in [2.24, 2.45) is 0 Å². The van der Waals surface area contributed by atoms with Crippen LogP contribution in [0.25, 0.3) is 11.3 Å². The predicted molar refractivity (Wildman–Crippen MR) is 89.6 cm³/mol. The van der Waals surface area contributed by atoms with Gasteiger partial charge in [-0.1, -0.05) is 0 Å². The summed E-state index contributed by atoms with van der Waals surface area (Å²) in [6, 6.07) is 7.80. The lowest BCUT2D eigenvalue weighted by Crippen LogP contribution is -2.44. The number of morpholine rings is 1. The molecule has 3 rings (SSSR count). The van der Waals surface area contributed by atoms with E-state index in [-0.39, 0.29) is 11.9 Å². The van der Waals surface area contributed by atoms with Crippen molar-refractivity contribution in [1.29, 1.82) is 0 Å². The molecule has 1 aromatic carbocycles. The Kier molecular flexibility index (Phi) is 5.45. The van der Waals surface area contributed by atoms with E-state index in [1.54, 1.807) is 13.3 Å². The summed E-state index contributed by atoms with van der Waals surface area (Å²) >= 11 is 0. The molecule has 1 aromatic heterocycles. The summed E-state index contributed by atoms with van der Waals surface area (Å²) in [6.45, 7) is 2.51. The quantitative estimate of drug-likeness (QED) is 0.738. The second kappa shape index (κ2) is 7.94. The number of aromatic nitrogens is 2. The summed E-state index contributed by atoms with van der Waals surface area (Å²) in [5.41, 5.74) is 2.85. The zero-order chi connectivity index (χ0) is 16.8. The van der Waals surface area contributed by atoms with E-state index < -0.39 is 0 Å². The van der Waals surface area contributed by atoms with Gasteiger partial charge < -0.3 is 20.1 Å². The van der Waals surface area contributed by atoms with Gasteiger partial charge in [-0.05, 0) is 24.3 Å². The molecule has 1 atom stereocenters. The molecule has 0 unspecified atom stereocenters. The van der Waals surface area contributed by atoms with Gasteiger partial charge in [-0.2, -0.15) is 5.10 Å². The lowest BCUT2D eigenvalue weighted by Gasteiger charge is -2.23. The normalized spacial score (nSPS) is 17.5. The van der Waals surface area contributed by atoms with E-state index in [0.29, 0.717) is 26.2 Å². The van der Waals surface area contributed by atoms with Crippen LogP contribution in [0.1, 0.15) is 12.0 Å². The number of hydrogen-bond acceptors (Lipinski definition) is 5. The molecule has 3 N–H and O–H groups in total. The predicted octanol–water partition coefficient (Wildman–Crippen LogP) is 1.08. The van der Waals surface area contributed by atoms with Gasteiger partial charge in [0, 0.05) is 36.7 Å². The van der Waals surface area contributed by atoms with Crippen LogP contribution < -0.4 is 15.4 Å². The number of nitrogens with one attached hydrogen (secondary N) is 3.